The van der Waals surface area contributed by atoms with Crippen LogP contribution in [0.3, 0.4) is 0 Å². The molecule has 0 bridgehead atoms. The summed E-state index contributed by atoms with van der Waals surface area (Å²) >= 11 is 0. The van der Waals surface area contributed by atoms with E-state index in [0.717, 1.165) is 24.4 Å². The van der Waals surface area contributed by atoms with Gasteiger partial charge in [0.05, 0.1) is 6.04 Å². The summed E-state index contributed by atoms with van der Waals surface area (Å²) in [6, 6.07) is 6.67. The van der Waals surface area contributed by atoms with E-state index in [1.807, 2.05) is 12.1 Å². The molecule has 116 valence electrons. The van der Waals surface area contributed by atoms with Crippen LogP contribution < -0.4 is 0 Å². The summed E-state index contributed by atoms with van der Waals surface area (Å²) in [6.45, 7) is 1.03. The second kappa shape index (κ2) is 6.19. The summed E-state index contributed by atoms with van der Waals surface area (Å²) < 4.78 is 10.8. The van der Waals surface area contributed by atoms with Crippen molar-refractivity contribution < 1.29 is 19.1 Å². The van der Waals surface area contributed by atoms with Crippen LogP contribution in [0.5, 0.6) is 5.75 Å². The minimum Gasteiger partial charge on any atom is -0.505 e. The Morgan fingerprint density at radius 2 is 2.36 bits per heavy atom. The molecule has 0 aromatic carbocycles. The van der Waals surface area contributed by atoms with Crippen LogP contribution in [0.1, 0.15) is 40.9 Å². The van der Waals surface area contributed by atoms with Crippen molar-refractivity contribution in [3.05, 3.63) is 47.7 Å². The van der Waals surface area contributed by atoms with Crippen LogP contribution in [-0.2, 0) is 11.3 Å². The number of carbonyl (C=O) groups is 1. The van der Waals surface area contributed by atoms with E-state index in [1.54, 1.807) is 18.1 Å². The van der Waals surface area contributed by atoms with Gasteiger partial charge < -0.3 is 19.2 Å². The number of methoxy groups -OCH3 is 1. The summed E-state index contributed by atoms with van der Waals surface area (Å²) in [5.74, 6) is 1.11. The molecule has 22 heavy (non-hydrogen) atoms. The van der Waals surface area contributed by atoms with Crippen molar-refractivity contribution in [3.63, 3.8) is 0 Å². The van der Waals surface area contributed by atoms with Crippen molar-refractivity contribution in [1.29, 1.82) is 0 Å². The van der Waals surface area contributed by atoms with Crippen molar-refractivity contribution in [2.24, 2.45) is 0 Å². The van der Waals surface area contributed by atoms with Gasteiger partial charge in [0.1, 0.15) is 23.9 Å². The van der Waals surface area contributed by atoms with Crippen molar-refractivity contribution in [3.8, 4) is 5.75 Å². The van der Waals surface area contributed by atoms with Gasteiger partial charge in [0.15, 0.2) is 5.69 Å². The highest BCUT2D eigenvalue weighted by molar-refractivity contribution is 5.95. The Labute approximate surface area is 128 Å². The highest BCUT2D eigenvalue weighted by Gasteiger charge is 2.34. The number of likely N-dealkylation sites (tertiary alicyclic amines) is 1. The Bertz CT molecular complexity index is 668. The first-order valence-electron chi connectivity index (χ1n) is 7.23. The van der Waals surface area contributed by atoms with Gasteiger partial charge in [0.2, 0.25) is 0 Å². The van der Waals surface area contributed by atoms with Crippen molar-refractivity contribution in [2.45, 2.75) is 25.5 Å². The Hall–Kier alpha value is -2.34. The van der Waals surface area contributed by atoms with Gasteiger partial charge in [0, 0.05) is 19.9 Å². The summed E-state index contributed by atoms with van der Waals surface area (Å²) in [4.78, 5) is 18.3. The largest absolute Gasteiger partial charge is 0.505 e. The van der Waals surface area contributed by atoms with E-state index in [0.29, 0.717) is 13.2 Å². The van der Waals surface area contributed by atoms with Crippen LogP contribution in [0, 0.1) is 0 Å². The molecule has 0 radical (unpaired) electrons. The molecule has 0 spiro atoms. The average Bonchev–Trinajstić information content (AvgIpc) is 3.16. The zero-order valence-electron chi connectivity index (χ0n) is 12.4. The van der Waals surface area contributed by atoms with Crippen LogP contribution in [0.15, 0.2) is 34.9 Å². The number of hydrogen-bond donors (Lipinski definition) is 1. The van der Waals surface area contributed by atoms with E-state index in [-0.39, 0.29) is 23.4 Å². The van der Waals surface area contributed by atoms with Gasteiger partial charge in [-0.15, -0.1) is 0 Å². The third-order valence-corrected chi connectivity index (χ3v) is 3.80. The topological polar surface area (TPSA) is 75.8 Å². The first-order chi connectivity index (χ1) is 10.7. The molecule has 1 saturated heterocycles. The first-order valence-corrected chi connectivity index (χ1v) is 7.23. The quantitative estimate of drug-likeness (QED) is 0.939. The summed E-state index contributed by atoms with van der Waals surface area (Å²) in [5, 5.41) is 9.82. The summed E-state index contributed by atoms with van der Waals surface area (Å²) in [5.41, 5.74) is 0.0815. The SMILES string of the molecule is COCc1ccc(C2CCCN2C(=O)c2ncccc2O)o1. The molecular formula is C16H18N2O4. The molecule has 6 heteroatoms. The Morgan fingerprint density at radius 3 is 3.14 bits per heavy atom. The van der Waals surface area contributed by atoms with Gasteiger partial charge >= 0.3 is 0 Å². The highest BCUT2D eigenvalue weighted by atomic mass is 16.5. The fraction of sp³-hybridized carbons (Fsp3) is 0.375. The van der Waals surface area contributed by atoms with E-state index in [2.05, 4.69) is 4.98 Å². The fourth-order valence-corrected chi connectivity index (χ4v) is 2.80. The number of rotatable bonds is 4. The third-order valence-electron chi connectivity index (χ3n) is 3.80. The summed E-state index contributed by atoms with van der Waals surface area (Å²) in [6.07, 6.45) is 3.23. The molecule has 1 amide bonds. The molecule has 1 fully saturated rings. The number of nitrogens with zero attached hydrogens (tertiary/aromatic N) is 2. The van der Waals surface area contributed by atoms with Gasteiger partial charge in [-0.25, -0.2) is 4.98 Å². The van der Waals surface area contributed by atoms with Gasteiger partial charge in [0.25, 0.3) is 5.91 Å². The van der Waals surface area contributed by atoms with E-state index in [4.69, 9.17) is 9.15 Å². The molecule has 6 nitrogen and oxygen atoms in total. The lowest BCUT2D eigenvalue weighted by Gasteiger charge is -2.23. The van der Waals surface area contributed by atoms with Crippen LogP contribution in [0.2, 0.25) is 0 Å². The lowest BCUT2D eigenvalue weighted by molar-refractivity contribution is 0.0706. The number of pyridine rings is 1. The molecule has 0 saturated carbocycles. The standard InChI is InChI=1S/C16H18N2O4/c1-21-10-11-6-7-14(22-11)12-4-3-9-18(12)16(20)15-13(19)5-2-8-17-15/h2,5-8,12,19H,3-4,9-10H2,1H3. The smallest absolute Gasteiger partial charge is 0.276 e. The average molecular weight is 302 g/mol. The maximum Gasteiger partial charge on any atom is 0.276 e. The maximum atomic E-state index is 12.6. The number of aromatic hydroxyl groups is 1. The number of hydrogen-bond acceptors (Lipinski definition) is 5. The zero-order valence-corrected chi connectivity index (χ0v) is 12.4. The van der Waals surface area contributed by atoms with E-state index < -0.39 is 0 Å². The molecule has 1 unspecified atom stereocenters. The van der Waals surface area contributed by atoms with Crippen molar-refractivity contribution in [2.75, 3.05) is 13.7 Å². The fourth-order valence-electron chi connectivity index (χ4n) is 2.80. The minimum atomic E-state index is -0.273. The van der Waals surface area contributed by atoms with E-state index in [1.165, 1.54) is 12.3 Å². The molecule has 1 N–H and O–H groups in total. The molecule has 2 aromatic heterocycles. The maximum absolute atomic E-state index is 12.6. The number of aromatic nitrogens is 1. The molecular weight excluding hydrogens is 284 g/mol. The lowest BCUT2D eigenvalue weighted by atomic mass is 10.1. The van der Waals surface area contributed by atoms with Crippen molar-refractivity contribution >= 4 is 5.91 Å². The third kappa shape index (κ3) is 2.69. The zero-order chi connectivity index (χ0) is 15.5. The van der Waals surface area contributed by atoms with Crippen LogP contribution >= 0.6 is 0 Å². The Balaban J connectivity index is 1.83. The first kappa shape index (κ1) is 14.6. The van der Waals surface area contributed by atoms with E-state index in [9.17, 15) is 9.90 Å². The normalized spacial score (nSPS) is 17.9. The predicted molar refractivity (Wildman–Crippen MR) is 78.3 cm³/mol. The molecule has 1 aliphatic heterocycles. The van der Waals surface area contributed by atoms with Crippen LogP contribution in [0.25, 0.3) is 0 Å². The van der Waals surface area contributed by atoms with Crippen LogP contribution in [0.4, 0.5) is 0 Å². The number of furan rings is 1. The second-order valence-corrected chi connectivity index (χ2v) is 5.26. The molecule has 3 rings (SSSR count). The van der Waals surface area contributed by atoms with Gasteiger partial charge in [-0.05, 0) is 37.1 Å². The Morgan fingerprint density at radius 1 is 1.50 bits per heavy atom. The second-order valence-electron chi connectivity index (χ2n) is 5.26. The van der Waals surface area contributed by atoms with Gasteiger partial charge in [-0.1, -0.05) is 0 Å². The number of ether oxygens (including phenoxy) is 1. The number of carbonyl (C=O) groups excluding carboxylic acids is 1. The molecule has 0 aliphatic carbocycles. The van der Waals surface area contributed by atoms with E-state index >= 15 is 0 Å². The predicted octanol–water partition coefficient (Wildman–Crippen LogP) is 2.50. The monoisotopic (exact) mass is 302 g/mol. The van der Waals surface area contributed by atoms with Gasteiger partial charge in [-0.2, -0.15) is 0 Å². The molecule has 2 aromatic rings. The Kier molecular flexibility index (Phi) is 4.11. The molecule has 1 aliphatic rings. The molecule has 1 atom stereocenters. The molecule has 3 heterocycles. The summed E-state index contributed by atoms with van der Waals surface area (Å²) in [7, 11) is 1.61. The number of amides is 1. The van der Waals surface area contributed by atoms with Crippen molar-refractivity contribution in [1.82, 2.24) is 9.88 Å². The lowest BCUT2D eigenvalue weighted by Crippen LogP contribution is -2.31. The van der Waals surface area contributed by atoms with Gasteiger partial charge in [-0.3, -0.25) is 4.79 Å². The highest BCUT2D eigenvalue weighted by Crippen LogP contribution is 2.34. The minimum absolute atomic E-state index is 0.0815. The van der Waals surface area contributed by atoms with Crippen LogP contribution in [-0.4, -0.2) is 34.6 Å².